The lowest BCUT2D eigenvalue weighted by Crippen LogP contribution is -2.45. The van der Waals surface area contributed by atoms with Gasteiger partial charge in [-0.3, -0.25) is 9.89 Å². The Bertz CT molecular complexity index is 421. The molecule has 154 valence electrons. The minimum Gasteiger partial charge on any atom is -0.379 e. The van der Waals surface area contributed by atoms with Crippen LogP contribution in [0, 0.1) is 0 Å². The molecule has 2 heterocycles. The van der Waals surface area contributed by atoms with E-state index in [-0.39, 0.29) is 36.1 Å². The Kier molecular flexibility index (Phi) is 11.1. The molecule has 2 unspecified atom stereocenters. The number of rotatable bonds is 8. The monoisotopic (exact) mass is 494 g/mol. The molecular formula is C16H30F3IN4O2. The Morgan fingerprint density at radius 3 is 2.81 bits per heavy atom. The van der Waals surface area contributed by atoms with Crippen molar-refractivity contribution in [2.45, 2.75) is 44.0 Å². The van der Waals surface area contributed by atoms with Gasteiger partial charge in [0.2, 0.25) is 0 Å². The van der Waals surface area contributed by atoms with Gasteiger partial charge in [-0.05, 0) is 25.7 Å². The summed E-state index contributed by atoms with van der Waals surface area (Å²) in [6.07, 6.45) is -0.206. The highest BCUT2D eigenvalue weighted by Crippen LogP contribution is 2.19. The van der Waals surface area contributed by atoms with E-state index in [0.29, 0.717) is 45.2 Å². The fourth-order valence-electron chi connectivity index (χ4n) is 3.11. The van der Waals surface area contributed by atoms with Gasteiger partial charge in [0, 0.05) is 45.9 Å². The highest BCUT2D eigenvalue weighted by atomic mass is 127. The average Bonchev–Trinajstić information content (AvgIpc) is 3.20. The van der Waals surface area contributed by atoms with Crippen molar-refractivity contribution in [3.63, 3.8) is 0 Å². The minimum absolute atomic E-state index is 0. The number of halogens is 4. The van der Waals surface area contributed by atoms with Crippen molar-refractivity contribution in [3.05, 3.63) is 0 Å². The summed E-state index contributed by atoms with van der Waals surface area (Å²) < 4.78 is 48.3. The van der Waals surface area contributed by atoms with Crippen LogP contribution in [0.1, 0.15) is 25.7 Å². The first-order chi connectivity index (χ1) is 12.0. The average molecular weight is 494 g/mol. The quantitative estimate of drug-likeness (QED) is 0.234. The van der Waals surface area contributed by atoms with E-state index in [2.05, 4.69) is 15.6 Å². The lowest BCUT2D eigenvalue weighted by Gasteiger charge is -2.19. The molecule has 0 amide bonds. The second-order valence-corrected chi connectivity index (χ2v) is 6.54. The van der Waals surface area contributed by atoms with E-state index in [4.69, 9.17) is 9.47 Å². The van der Waals surface area contributed by atoms with Crippen molar-refractivity contribution < 1.29 is 22.6 Å². The topological polar surface area (TPSA) is 58.1 Å². The van der Waals surface area contributed by atoms with Gasteiger partial charge >= 0.3 is 6.18 Å². The maximum Gasteiger partial charge on any atom is 0.401 e. The number of aliphatic imine (C=N–C) groups is 1. The molecule has 2 aliphatic rings. The molecule has 10 heteroatoms. The number of guanidine groups is 1. The van der Waals surface area contributed by atoms with Crippen LogP contribution in [0.25, 0.3) is 0 Å². The maximum absolute atomic E-state index is 12.4. The Hall–Kier alpha value is -0.330. The van der Waals surface area contributed by atoms with Crippen molar-refractivity contribution in [1.82, 2.24) is 15.5 Å². The highest BCUT2D eigenvalue weighted by Gasteiger charge is 2.34. The molecule has 0 radical (unpaired) electrons. The molecule has 2 atom stereocenters. The summed E-state index contributed by atoms with van der Waals surface area (Å²) in [6.45, 7) is 2.80. The molecule has 6 nitrogen and oxygen atoms in total. The Morgan fingerprint density at radius 1 is 1.35 bits per heavy atom. The molecule has 2 N–H and O–H groups in total. The van der Waals surface area contributed by atoms with Gasteiger partial charge in [-0.25, -0.2) is 0 Å². The minimum atomic E-state index is -4.14. The zero-order chi connectivity index (χ0) is 18.1. The van der Waals surface area contributed by atoms with Gasteiger partial charge in [0.1, 0.15) is 0 Å². The van der Waals surface area contributed by atoms with Crippen molar-refractivity contribution in [1.29, 1.82) is 0 Å². The number of likely N-dealkylation sites (tertiary alicyclic amines) is 1. The van der Waals surface area contributed by atoms with Crippen LogP contribution in [0.4, 0.5) is 13.2 Å². The SMILES string of the molecule is CN=C(NCCCOCC1CCCO1)NC1CCN(CC(F)(F)F)C1.I. The van der Waals surface area contributed by atoms with Crippen LogP contribution in [0.15, 0.2) is 4.99 Å². The third-order valence-corrected chi connectivity index (χ3v) is 4.33. The van der Waals surface area contributed by atoms with Crippen LogP contribution in [0.5, 0.6) is 0 Å². The highest BCUT2D eigenvalue weighted by molar-refractivity contribution is 14.0. The van der Waals surface area contributed by atoms with Gasteiger partial charge in [-0.2, -0.15) is 13.2 Å². The first-order valence-corrected chi connectivity index (χ1v) is 8.92. The molecule has 0 aromatic heterocycles. The number of nitrogens with zero attached hydrogens (tertiary/aromatic N) is 2. The van der Waals surface area contributed by atoms with Crippen LogP contribution in [0.3, 0.4) is 0 Å². The van der Waals surface area contributed by atoms with Crippen molar-refractivity contribution in [3.8, 4) is 0 Å². The van der Waals surface area contributed by atoms with Crippen LogP contribution in [0.2, 0.25) is 0 Å². The molecule has 2 saturated heterocycles. The summed E-state index contributed by atoms with van der Waals surface area (Å²) >= 11 is 0. The van der Waals surface area contributed by atoms with Gasteiger partial charge in [0.05, 0.1) is 19.3 Å². The summed E-state index contributed by atoms with van der Waals surface area (Å²) in [5, 5.41) is 6.36. The standard InChI is InChI=1S/C16H29F3N4O2.HI/c1-20-15(21-6-3-8-24-11-14-4-2-9-25-14)22-13-5-7-23(10-13)12-16(17,18)19;/h13-14H,2-12H2,1H3,(H2,20,21,22);1H. The Labute approximate surface area is 170 Å². The molecule has 0 saturated carbocycles. The normalized spacial score (nSPS) is 24.5. The van der Waals surface area contributed by atoms with Gasteiger partial charge in [0.25, 0.3) is 0 Å². The van der Waals surface area contributed by atoms with E-state index in [9.17, 15) is 13.2 Å². The van der Waals surface area contributed by atoms with Gasteiger partial charge in [-0.1, -0.05) is 0 Å². The molecule has 0 spiro atoms. The predicted molar refractivity (Wildman–Crippen MR) is 105 cm³/mol. The smallest absolute Gasteiger partial charge is 0.379 e. The number of alkyl halides is 3. The lowest BCUT2D eigenvalue weighted by atomic mass is 10.2. The van der Waals surface area contributed by atoms with E-state index < -0.39 is 12.7 Å². The molecule has 0 aromatic rings. The van der Waals surface area contributed by atoms with Crippen LogP contribution in [-0.2, 0) is 9.47 Å². The largest absolute Gasteiger partial charge is 0.401 e. The molecule has 0 aromatic carbocycles. The van der Waals surface area contributed by atoms with E-state index in [1.165, 1.54) is 4.90 Å². The Balaban J connectivity index is 0.00000338. The second-order valence-electron chi connectivity index (χ2n) is 6.54. The third kappa shape index (κ3) is 9.56. The zero-order valence-corrected chi connectivity index (χ0v) is 17.5. The molecule has 0 bridgehead atoms. The summed E-state index contributed by atoms with van der Waals surface area (Å²) in [7, 11) is 1.66. The van der Waals surface area contributed by atoms with E-state index >= 15 is 0 Å². The molecule has 2 rings (SSSR count). The van der Waals surface area contributed by atoms with E-state index in [1.54, 1.807) is 7.05 Å². The van der Waals surface area contributed by atoms with Gasteiger partial charge in [-0.15, -0.1) is 24.0 Å². The summed E-state index contributed by atoms with van der Waals surface area (Å²) in [5.41, 5.74) is 0. The van der Waals surface area contributed by atoms with Crippen LogP contribution >= 0.6 is 24.0 Å². The van der Waals surface area contributed by atoms with Crippen LogP contribution in [-0.4, -0.2) is 82.2 Å². The number of nitrogens with one attached hydrogen (secondary N) is 2. The molecular weight excluding hydrogens is 464 g/mol. The Morgan fingerprint density at radius 2 is 2.15 bits per heavy atom. The molecule has 2 fully saturated rings. The van der Waals surface area contributed by atoms with Crippen molar-refractivity contribution in [2.75, 3.05) is 53.0 Å². The number of hydrogen-bond donors (Lipinski definition) is 2. The first kappa shape index (κ1) is 23.7. The summed E-state index contributed by atoms with van der Waals surface area (Å²) in [5.74, 6) is 0.623. The number of ether oxygens (including phenoxy) is 2. The zero-order valence-electron chi connectivity index (χ0n) is 15.2. The fourth-order valence-corrected chi connectivity index (χ4v) is 3.11. The fraction of sp³-hybridized carbons (Fsp3) is 0.938. The first-order valence-electron chi connectivity index (χ1n) is 8.92. The summed E-state index contributed by atoms with van der Waals surface area (Å²) in [6, 6.07) is -0.00989. The summed E-state index contributed by atoms with van der Waals surface area (Å²) in [4.78, 5) is 5.55. The number of hydrogen-bond acceptors (Lipinski definition) is 4. The van der Waals surface area contributed by atoms with Gasteiger partial charge in [0.15, 0.2) is 5.96 Å². The molecule has 0 aliphatic carbocycles. The maximum atomic E-state index is 12.4. The lowest BCUT2D eigenvalue weighted by molar-refractivity contribution is -0.143. The van der Waals surface area contributed by atoms with Crippen molar-refractivity contribution in [2.24, 2.45) is 4.99 Å². The molecule has 26 heavy (non-hydrogen) atoms. The van der Waals surface area contributed by atoms with E-state index in [0.717, 1.165) is 25.9 Å². The third-order valence-electron chi connectivity index (χ3n) is 4.33. The predicted octanol–water partition coefficient (Wildman–Crippen LogP) is 1.99. The van der Waals surface area contributed by atoms with Crippen LogP contribution < -0.4 is 10.6 Å². The molecule has 2 aliphatic heterocycles. The van der Waals surface area contributed by atoms with E-state index in [1.807, 2.05) is 0 Å². The second kappa shape index (κ2) is 12.2. The van der Waals surface area contributed by atoms with Crippen molar-refractivity contribution >= 4 is 29.9 Å². The van der Waals surface area contributed by atoms with Gasteiger partial charge < -0.3 is 20.1 Å².